The molecule has 0 bridgehead atoms. The van der Waals surface area contributed by atoms with Gasteiger partial charge in [0, 0.05) is 24.5 Å². The van der Waals surface area contributed by atoms with E-state index in [2.05, 4.69) is 23.6 Å². The third kappa shape index (κ3) is 2.39. The maximum absolute atomic E-state index is 13.1. The van der Waals surface area contributed by atoms with E-state index in [4.69, 9.17) is 9.72 Å². The molecule has 1 aliphatic rings. The number of ether oxygens (including phenoxy) is 1. The first kappa shape index (κ1) is 17.0. The van der Waals surface area contributed by atoms with Gasteiger partial charge in [-0.2, -0.15) is 0 Å². The number of rotatable bonds is 4. The second-order valence-corrected chi connectivity index (χ2v) is 7.37. The first-order valence-corrected chi connectivity index (χ1v) is 9.92. The molecule has 0 radical (unpaired) electrons. The Labute approximate surface area is 163 Å². The average molecular weight is 373 g/mol. The lowest BCUT2D eigenvalue weighted by Crippen LogP contribution is -2.28. The maximum atomic E-state index is 13.1. The number of methoxy groups -OCH3 is 1. The van der Waals surface area contributed by atoms with E-state index in [1.165, 1.54) is 10.9 Å². The predicted molar refractivity (Wildman–Crippen MR) is 112 cm³/mol. The Morgan fingerprint density at radius 1 is 1.14 bits per heavy atom. The highest BCUT2D eigenvalue weighted by Crippen LogP contribution is 2.38. The Bertz CT molecular complexity index is 1270. The summed E-state index contributed by atoms with van der Waals surface area (Å²) in [6.45, 7) is 3.76. The van der Waals surface area contributed by atoms with Crippen LogP contribution in [0.25, 0.3) is 33.3 Å². The molecule has 0 saturated carbocycles. The zero-order valence-electron chi connectivity index (χ0n) is 16.2. The normalized spacial score (nSPS) is 12.9. The number of hydrogen-bond donors (Lipinski definition) is 0. The standard InChI is InChI=1S/C23H23N3O2/c1-3-4-12-25-20-14-15(28-2)9-10-16(20)17-11-13-26-22(21(17)25)24-19-8-6-5-7-18(19)23(26)27/h5-10,14H,3-4,11-13H2,1-2H3. The van der Waals surface area contributed by atoms with Crippen molar-refractivity contribution in [2.75, 3.05) is 7.11 Å². The van der Waals surface area contributed by atoms with Gasteiger partial charge in [-0.3, -0.25) is 9.36 Å². The topological polar surface area (TPSA) is 49.0 Å². The summed E-state index contributed by atoms with van der Waals surface area (Å²) in [5.41, 5.74) is 4.35. The molecule has 142 valence electrons. The fraction of sp³-hybridized carbons (Fsp3) is 0.304. The quantitative estimate of drug-likeness (QED) is 0.533. The molecule has 0 amide bonds. The Kier molecular flexibility index (Phi) is 3.97. The number of hydrogen-bond acceptors (Lipinski definition) is 3. The largest absolute Gasteiger partial charge is 0.497 e. The van der Waals surface area contributed by atoms with Gasteiger partial charge in [-0.15, -0.1) is 0 Å². The number of benzene rings is 2. The summed E-state index contributed by atoms with van der Waals surface area (Å²) >= 11 is 0. The van der Waals surface area contributed by atoms with Crippen LogP contribution in [0.15, 0.2) is 47.3 Å². The molecule has 5 heteroatoms. The van der Waals surface area contributed by atoms with Gasteiger partial charge in [0.25, 0.3) is 5.56 Å². The molecular weight excluding hydrogens is 350 g/mol. The van der Waals surface area contributed by atoms with E-state index in [0.717, 1.165) is 54.1 Å². The van der Waals surface area contributed by atoms with Crippen molar-refractivity contribution in [1.29, 1.82) is 0 Å². The zero-order valence-corrected chi connectivity index (χ0v) is 16.2. The summed E-state index contributed by atoms with van der Waals surface area (Å²) in [6.07, 6.45) is 3.02. The number of para-hydroxylation sites is 1. The van der Waals surface area contributed by atoms with Crippen LogP contribution < -0.4 is 10.3 Å². The molecule has 0 N–H and O–H groups in total. The van der Waals surface area contributed by atoms with E-state index < -0.39 is 0 Å². The number of unbranched alkanes of at least 4 members (excludes halogenated alkanes) is 1. The second kappa shape index (κ2) is 6.51. The average Bonchev–Trinajstić information content (AvgIpc) is 3.05. The van der Waals surface area contributed by atoms with Gasteiger partial charge in [0.15, 0.2) is 5.82 Å². The van der Waals surface area contributed by atoms with Crippen LogP contribution in [0.4, 0.5) is 0 Å². The number of nitrogens with zero attached hydrogens (tertiary/aromatic N) is 3. The van der Waals surface area contributed by atoms with Crippen molar-refractivity contribution in [3.63, 3.8) is 0 Å². The lowest BCUT2D eigenvalue weighted by atomic mass is 10.0. The molecule has 0 aliphatic carbocycles. The van der Waals surface area contributed by atoms with Gasteiger partial charge in [-0.25, -0.2) is 4.98 Å². The third-order valence-corrected chi connectivity index (χ3v) is 5.77. The number of aryl methyl sites for hydroxylation is 2. The molecule has 0 atom stereocenters. The lowest BCUT2D eigenvalue weighted by Gasteiger charge is -2.21. The van der Waals surface area contributed by atoms with Crippen LogP contribution in [0, 0.1) is 0 Å². The van der Waals surface area contributed by atoms with E-state index >= 15 is 0 Å². The molecule has 0 fully saturated rings. The van der Waals surface area contributed by atoms with Crippen molar-refractivity contribution in [3.8, 4) is 17.3 Å². The summed E-state index contributed by atoms with van der Waals surface area (Å²) in [6, 6.07) is 13.9. The van der Waals surface area contributed by atoms with Gasteiger partial charge < -0.3 is 9.30 Å². The zero-order chi connectivity index (χ0) is 19.3. The molecule has 0 unspecified atom stereocenters. The summed E-state index contributed by atoms with van der Waals surface area (Å²) in [4.78, 5) is 18.1. The van der Waals surface area contributed by atoms with E-state index in [0.29, 0.717) is 11.9 Å². The minimum absolute atomic E-state index is 0.0520. The first-order chi connectivity index (χ1) is 13.7. The molecule has 4 aromatic rings. The highest BCUT2D eigenvalue weighted by atomic mass is 16.5. The third-order valence-electron chi connectivity index (χ3n) is 5.77. The highest BCUT2D eigenvalue weighted by Gasteiger charge is 2.27. The van der Waals surface area contributed by atoms with Gasteiger partial charge in [0.05, 0.1) is 29.2 Å². The molecule has 1 aliphatic heterocycles. The van der Waals surface area contributed by atoms with Crippen LogP contribution in [0.1, 0.15) is 25.3 Å². The monoisotopic (exact) mass is 373 g/mol. The van der Waals surface area contributed by atoms with Crippen LogP contribution in [-0.4, -0.2) is 21.2 Å². The summed E-state index contributed by atoms with van der Waals surface area (Å²) < 4.78 is 9.66. The molecule has 28 heavy (non-hydrogen) atoms. The van der Waals surface area contributed by atoms with Crippen LogP contribution in [0.5, 0.6) is 5.75 Å². The molecule has 2 aromatic carbocycles. The molecule has 5 nitrogen and oxygen atoms in total. The van der Waals surface area contributed by atoms with E-state index in [1.54, 1.807) is 7.11 Å². The van der Waals surface area contributed by atoms with Gasteiger partial charge in [-0.05, 0) is 42.7 Å². The molecule has 2 aromatic heterocycles. The van der Waals surface area contributed by atoms with Crippen LogP contribution in [0.3, 0.4) is 0 Å². The summed E-state index contributed by atoms with van der Waals surface area (Å²) in [5.74, 6) is 1.64. The Balaban J connectivity index is 1.87. The van der Waals surface area contributed by atoms with E-state index in [-0.39, 0.29) is 5.56 Å². The van der Waals surface area contributed by atoms with Crippen molar-refractivity contribution < 1.29 is 4.74 Å². The molecule has 3 heterocycles. The highest BCUT2D eigenvalue weighted by molar-refractivity contribution is 5.93. The fourth-order valence-corrected chi connectivity index (χ4v) is 4.36. The second-order valence-electron chi connectivity index (χ2n) is 7.37. The van der Waals surface area contributed by atoms with Crippen molar-refractivity contribution in [1.82, 2.24) is 14.1 Å². The van der Waals surface area contributed by atoms with Crippen LogP contribution >= 0.6 is 0 Å². The lowest BCUT2D eigenvalue weighted by molar-refractivity contribution is 0.415. The van der Waals surface area contributed by atoms with Gasteiger partial charge >= 0.3 is 0 Å². The van der Waals surface area contributed by atoms with E-state index in [1.807, 2.05) is 34.9 Å². The Morgan fingerprint density at radius 2 is 2.00 bits per heavy atom. The SMILES string of the molecule is CCCCn1c2c(c3ccc(OC)cc31)CCn1c-2nc2ccccc2c1=O. The van der Waals surface area contributed by atoms with Gasteiger partial charge in [-0.1, -0.05) is 25.5 Å². The van der Waals surface area contributed by atoms with Crippen molar-refractivity contribution >= 4 is 21.8 Å². The summed E-state index contributed by atoms with van der Waals surface area (Å²) in [7, 11) is 1.70. The van der Waals surface area contributed by atoms with Gasteiger partial charge in [0.1, 0.15) is 5.75 Å². The molecule has 5 rings (SSSR count). The fourth-order valence-electron chi connectivity index (χ4n) is 4.36. The van der Waals surface area contributed by atoms with Crippen molar-refractivity contribution in [2.45, 2.75) is 39.3 Å². The minimum atomic E-state index is 0.0520. The van der Waals surface area contributed by atoms with Crippen LogP contribution in [-0.2, 0) is 19.5 Å². The first-order valence-electron chi connectivity index (χ1n) is 9.92. The Morgan fingerprint density at radius 3 is 2.82 bits per heavy atom. The van der Waals surface area contributed by atoms with E-state index in [9.17, 15) is 4.79 Å². The van der Waals surface area contributed by atoms with Crippen LogP contribution in [0.2, 0.25) is 0 Å². The maximum Gasteiger partial charge on any atom is 0.261 e. The smallest absolute Gasteiger partial charge is 0.261 e. The van der Waals surface area contributed by atoms with Crippen molar-refractivity contribution in [2.24, 2.45) is 0 Å². The predicted octanol–water partition coefficient (Wildman–Crippen LogP) is 4.38. The van der Waals surface area contributed by atoms with Gasteiger partial charge in [0.2, 0.25) is 0 Å². The minimum Gasteiger partial charge on any atom is -0.497 e. The Hall–Kier alpha value is -3.08. The number of aromatic nitrogens is 3. The molecule has 0 saturated heterocycles. The number of fused-ring (bicyclic) bond motifs is 6. The summed E-state index contributed by atoms with van der Waals surface area (Å²) in [5, 5.41) is 1.92. The van der Waals surface area contributed by atoms with Crippen molar-refractivity contribution in [3.05, 3.63) is 58.4 Å². The molecule has 0 spiro atoms. The molecular formula is C23H23N3O2.